The molecule has 2 rings (SSSR count). The van der Waals surface area contributed by atoms with E-state index in [-0.39, 0.29) is 18.1 Å². The van der Waals surface area contributed by atoms with Gasteiger partial charge in [-0.2, -0.15) is 0 Å². The second-order valence-corrected chi connectivity index (χ2v) is 7.38. The summed E-state index contributed by atoms with van der Waals surface area (Å²) < 4.78 is 5.67. The highest BCUT2D eigenvalue weighted by Gasteiger charge is 2.62. The zero-order valence-corrected chi connectivity index (χ0v) is 15.1. The molecule has 0 aliphatic heterocycles. The smallest absolute Gasteiger partial charge is 0.241 e. The van der Waals surface area contributed by atoms with Gasteiger partial charge in [0.15, 0.2) is 0 Å². The average molecular weight is 334 g/mol. The molecule has 1 amide bonds. The number of rotatable bonds is 7. The normalized spacial score (nSPS) is 27.8. The van der Waals surface area contributed by atoms with Gasteiger partial charge in [-0.25, -0.2) is 0 Å². The number of hydrogen-bond acceptors (Lipinski definition) is 4. The second kappa shape index (κ2) is 7.21. The Labute approximate surface area is 144 Å². The molecule has 1 saturated carbocycles. The monoisotopic (exact) mass is 334 g/mol. The maximum absolute atomic E-state index is 12.7. The Kier molecular flexibility index (Phi) is 5.68. The van der Waals surface area contributed by atoms with Gasteiger partial charge in [-0.05, 0) is 25.8 Å². The number of nitrogens with two attached hydrogens (primary N) is 1. The summed E-state index contributed by atoms with van der Waals surface area (Å²) in [5.74, 6) is -0.170. The number of benzene rings is 1. The number of ether oxygens (including phenoxy) is 1. The Bertz CT molecular complexity index is 561. The van der Waals surface area contributed by atoms with Crippen LogP contribution in [0, 0.1) is 5.41 Å². The van der Waals surface area contributed by atoms with E-state index in [0.29, 0.717) is 19.4 Å². The van der Waals surface area contributed by atoms with Crippen molar-refractivity contribution in [1.82, 2.24) is 5.32 Å². The highest BCUT2D eigenvalue weighted by molar-refractivity contribution is 5.89. The van der Waals surface area contributed by atoms with Gasteiger partial charge in [0.2, 0.25) is 5.91 Å². The highest BCUT2D eigenvalue weighted by Crippen LogP contribution is 2.49. The molecule has 0 bridgehead atoms. The summed E-state index contributed by atoms with van der Waals surface area (Å²) in [5.41, 5.74) is 5.89. The predicted molar refractivity (Wildman–Crippen MR) is 94.4 cm³/mol. The summed E-state index contributed by atoms with van der Waals surface area (Å²) in [5, 5.41) is 13.3. The van der Waals surface area contributed by atoms with Crippen LogP contribution in [0.15, 0.2) is 30.3 Å². The summed E-state index contributed by atoms with van der Waals surface area (Å²) in [6.45, 7) is 8.39. The minimum absolute atomic E-state index is 0.00321. The molecular formula is C19H30N2O3. The molecule has 0 radical (unpaired) electrons. The molecule has 1 aromatic carbocycles. The maximum atomic E-state index is 12.7. The van der Waals surface area contributed by atoms with Gasteiger partial charge < -0.3 is 20.9 Å². The van der Waals surface area contributed by atoms with Gasteiger partial charge in [0, 0.05) is 24.5 Å². The van der Waals surface area contributed by atoms with Crippen LogP contribution in [0.3, 0.4) is 0 Å². The Morgan fingerprint density at radius 3 is 2.58 bits per heavy atom. The lowest BCUT2D eigenvalue weighted by molar-refractivity contribution is -0.171. The van der Waals surface area contributed by atoms with Crippen LogP contribution in [0.2, 0.25) is 0 Å². The van der Waals surface area contributed by atoms with E-state index in [9.17, 15) is 9.90 Å². The lowest BCUT2D eigenvalue weighted by Crippen LogP contribution is -2.76. The van der Waals surface area contributed by atoms with E-state index in [1.54, 1.807) is 0 Å². The average Bonchev–Trinajstić information content (AvgIpc) is 2.55. The van der Waals surface area contributed by atoms with Crippen molar-refractivity contribution >= 4 is 5.91 Å². The summed E-state index contributed by atoms with van der Waals surface area (Å²) in [7, 11) is 0. The summed E-state index contributed by atoms with van der Waals surface area (Å²) in [4.78, 5) is 12.7. The van der Waals surface area contributed by atoms with E-state index in [2.05, 4.69) is 5.32 Å². The third kappa shape index (κ3) is 3.48. The fraction of sp³-hybridized carbons (Fsp3) is 0.632. The standard InChI is InChI=1S/C19H30N2O3/c1-5-24-16-12-19(20,18(16,3)4)17(23)21-13(2)11-15(22)14-9-7-6-8-10-14/h6-10,13,15-16,22H,5,11-12,20H2,1-4H3,(H,21,23). The van der Waals surface area contributed by atoms with Gasteiger partial charge in [0.25, 0.3) is 0 Å². The first-order valence-corrected chi connectivity index (χ1v) is 8.66. The Hall–Kier alpha value is -1.43. The van der Waals surface area contributed by atoms with E-state index >= 15 is 0 Å². The van der Waals surface area contributed by atoms with Crippen LogP contribution >= 0.6 is 0 Å². The van der Waals surface area contributed by atoms with Gasteiger partial charge in [-0.15, -0.1) is 0 Å². The second-order valence-electron chi connectivity index (χ2n) is 7.38. The number of amides is 1. The van der Waals surface area contributed by atoms with Crippen molar-refractivity contribution in [3.63, 3.8) is 0 Å². The number of aliphatic hydroxyl groups excluding tert-OH is 1. The van der Waals surface area contributed by atoms with E-state index < -0.39 is 17.1 Å². The van der Waals surface area contributed by atoms with E-state index in [1.165, 1.54) is 0 Å². The lowest BCUT2D eigenvalue weighted by Gasteiger charge is -2.57. The quantitative estimate of drug-likeness (QED) is 0.713. The van der Waals surface area contributed by atoms with Crippen molar-refractivity contribution in [2.75, 3.05) is 6.61 Å². The first-order chi connectivity index (χ1) is 11.2. The first kappa shape index (κ1) is 18.9. The van der Waals surface area contributed by atoms with E-state index in [1.807, 2.05) is 58.0 Å². The number of carbonyl (C=O) groups is 1. The van der Waals surface area contributed by atoms with Gasteiger partial charge >= 0.3 is 0 Å². The fourth-order valence-corrected chi connectivity index (χ4v) is 3.38. The summed E-state index contributed by atoms with van der Waals surface area (Å²) in [6, 6.07) is 9.28. The van der Waals surface area contributed by atoms with E-state index in [0.717, 1.165) is 5.56 Å². The fourth-order valence-electron chi connectivity index (χ4n) is 3.38. The molecule has 4 unspecified atom stereocenters. The minimum Gasteiger partial charge on any atom is -0.388 e. The van der Waals surface area contributed by atoms with Crippen LogP contribution in [-0.2, 0) is 9.53 Å². The maximum Gasteiger partial charge on any atom is 0.241 e. The SMILES string of the molecule is CCOC1CC(N)(C(=O)NC(C)CC(O)c2ccccc2)C1(C)C. The Morgan fingerprint density at radius 2 is 2.04 bits per heavy atom. The number of aliphatic hydroxyl groups is 1. The summed E-state index contributed by atoms with van der Waals surface area (Å²) >= 11 is 0. The van der Waals surface area contributed by atoms with Gasteiger partial charge in [-0.1, -0.05) is 44.2 Å². The molecule has 1 fully saturated rings. The number of carbonyl (C=O) groups excluding carboxylic acids is 1. The zero-order valence-electron chi connectivity index (χ0n) is 15.1. The van der Waals surface area contributed by atoms with Crippen LogP contribution in [0.4, 0.5) is 0 Å². The molecule has 0 saturated heterocycles. The third-order valence-electron chi connectivity index (χ3n) is 5.37. The highest BCUT2D eigenvalue weighted by atomic mass is 16.5. The van der Waals surface area contributed by atoms with Gasteiger partial charge in [0.05, 0.1) is 12.2 Å². The van der Waals surface area contributed by atoms with Crippen molar-refractivity contribution in [3.8, 4) is 0 Å². The Morgan fingerprint density at radius 1 is 1.42 bits per heavy atom. The zero-order chi connectivity index (χ0) is 18.0. The molecule has 0 spiro atoms. The Balaban J connectivity index is 1.92. The van der Waals surface area contributed by atoms with Crippen LogP contribution in [-0.4, -0.2) is 35.3 Å². The lowest BCUT2D eigenvalue weighted by atomic mass is 9.54. The van der Waals surface area contributed by atoms with Crippen molar-refractivity contribution < 1.29 is 14.6 Å². The molecule has 4 atom stereocenters. The first-order valence-electron chi connectivity index (χ1n) is 8.66. The molecule has 0 heterocycles. The van der Waals surface area contributed by atoms with Crippen LogP contribution in [0.25, 0.3) is 0 Å². The molecule has 5 nitrogen and oxygen atoms in total. The molecule has 5 heteroatoms. The van der Waals surface area contributed by atoms with Crippen molar-refractivity contribution in [1.29, 1.82) is 0 Å². The molecular weight excluding hydrogens is 304 g/mol. The molecule has 0 aromatic heterocycles. The molecule has 24 heavy (non-hydrogen) atoms. The van der Waals surface area contributed by atoms with Crippen molar-refractivity contribution in [2.24, 2.45) is 11.1 Å². The molecule has 1 aliphatic carbocycles. The van der Waals surface area contributed by atoms with Crippen LogP contribution in [0.5, 0.6) is 0 Å². The van der Waals surface area contributed by atoms with Crippen molar-refractivity contribution in [2.45, 2.75) is 64.3 Å². The summed E-state index contributed by atoms with van der Waals surface area (Å²) in [6.07, 6.45) is 0.360. The molecule has 4 N–H and O–H groups in total. The topological polar surface area (TPSA) is 84.6 Å². The number of hydrogen-bond donors (Lipinski definition) is 3. The van der Waals surface area contributed by atoms with Gasteiger partial charge in [-0.3, -0.25) is 4.79 Å². The molecule has 1 aliphatic rings. The third-order valence-corrected chi connectivity index (χ3v) is 5.37. The van der Waals surface area contributed by atoms with E-state index in [4.69, 9.17) is 10.5 Å². The molecule has 134 valence electrons. The molecule has 1 aromatic rings. The van der Waals surface area contributed by atoms with Crippen molar-refractivity contribution in [3.05, 3.63) is 35.9 Å². The van der Waals surface area contributed by atoms with Crippen LogP contribution < -0.4 is 11.1 Å². The predicted octanol–water partition coefficient (Wildman–Crippen LogP) is 2.15. The number of nitrogens with one attached hydrogen (secondary N) is 1. The van der Waals surface area contributed by atoms with Crippen LogP contribution in [0.1, 0.15) is 52.2 Å². The minimum atomic E-state index is -0.932. The van der Waals surface area contributed by atoms with Gasteiger partial charge in [0.1, 0.15) is 5.54 Å². The largest absolute Gasteiger partial charge is 0.388 e.